The van der Waals surface area contributed by atoms with Crippen molar-refractivity contribution in [3.8, 4) is 0 Å². The van der Waals surface area contributed by atoms with E-state index in [2.05, 4.69) is 39.0 Å². The van der Waals surface area contributed by atoms with Crippen LogP contribution in [0.5, 0.6) is 0 Å². The summed E-state index contributed by atoms with van der Waals surface area (Å²) in [6, 6.07) is 1.94. The Morgan fingerprint density at radius 3 is 2.56 bits per heavy atom. The van der Waals surface area contributed by atoms with Gasteiger partial charge in [-0.1, -0.05) is 12.1 Å². The van der Waals surface area contributed by atoms with Gasteiger partial charge in [0.05, 0.1) is 12.2 Å². The number of piperazine rings is 1. The Balaban J connectivity index is 0.00000261. The third kappa shape index (κ3) is 7.23. The van der Waals surface area contributed by atoms with Gasteiger partial charge >= 0.3 is 0 Å². The number of aliphatic imine (C=N–C) groups is 1. The summed E-state index contributed by atoms with van der Waals surface area (Å²) in [5, 5.41) is 7.48. The number of likely N-dealkylation sites (tertiary alicyclic amines) is 1. The molecule has 0 aliphatic carbocycles. The first-order valence-electron chi connectivity index (χ1n) is 10.1. The van der Waals surface area contributed by atoms with Crippen LogP contribution >= 0.6 is 24.0 Å². The van der Waals surface area contributed by atoms with Gasteiger partial charge < -0.3 is 19.6 Å². The zero-order valence-corrected chi connectivity index (χ0v) is 19.1. The molecule has 1 aromatic heterocycles. The van der Waals surface area contributed by atoms with E-state index in [1.54, 1.807) is 6.26 Å². The second-order valence-electron chi connectivity index (χ2n) is 7.51. The standard InChI is InChI=1S/C19H34N6O.HI/c1-3-20-19(21-7-10-23-8-4-17(2)5-9-23)25-13-11-24(12-14-25)16-18-6-15-26-22-18;/h6,15,17H,3-5,7-14,16H2,1-2H3,(H,20,21);1H. The van der Waals surface area contributed by atoms with E-state index < -0.39 is 0 Å². The van der Waals surface area contributed by atoms with Crippen LogP contribution < -0.4 is 5.32 Å². The second kappa shape index (κ2) is 11.9. The van der Waals surface area contributed by atoms with E-state index in [1.165, 1.54) is 25.9 Å². The second-order valence-corrected chi connectivity index (χ2v) is 7.51. The Hall–Kier alpha value is -0.870. The number of hydrogen-bond acceptors (Lipinski definition) is 5. The summed E-state index contributed by atoms with van der Waals surface area (Å²) < 4.78 is 4.93. The van der Waals surface area contributed by atoms with E-state index in [0.717, 1.165) is 69.9 Å². The predicted molar refractivity (Wildman–Crippen MR) is 120 cm³/mol. The Bertz CT molecular complexity index is 536. The van der Waals surface area contributed by atoms with Crippen molar-refractivity contribution in [3.05, 3.63) is 18.0 Å². The summed E-state index contributed by atoms with van der Waals surface area (Å²) in [5.74, 6) is 1.96. The molecule has 0 aromatic carbocycles. The molecule has 0 saturated carbocycles. The van der Waals surface area contributed by atoms with Crippen LogP contribution in [0.15, 0.2) is 21.8 Å². The quantitative estimate of drug-likeness (QED) is 0.375. The number of aromatic nitrogens is 1. The van der Waals surface area contributed by atoms with E-state index in [9.17, 15) is 0 Å². The largest absolute Gasteiger partial charge is 0.364 e. The van der Waals surface area contributed by atoms with Gasteiger partial charge in [-0.25, -0.2) is 0 Å². The predicted octanol–water partition coefficient (Wildman–Crippen LogP) is 2.11. The maximum Gasteiger partial charge on any atom is 0.194 e. The van der Waals surface area contributed by atoms with Crippen molar-refractivity contribution in [1.29, 1.82) is 0 Å². The highest BCUT2D eigenvalue weighted by atomic mass is 127. The molecule has 0 atom stereocenters. The zero-order valence-electron chi connectivity index (χ0n) is 16.8. The Labute approximate surface area is 180 Å². The lowest BCUT2D eigenvalue weighted by Gasteiger charge is -2.36. The number of halogens is 1. The zero-order chi connectivity index (χ0) is 18.2. The molecule has 27 heavy (non-hydrogen) atoms. The lowest BCUT2D eigenvalue weighted by atomic mass is 9.99. The highest BCUT2D eigenvalue weighted by molar-refractivity contribution is 14.0. The monoisotopic (exact) mass is 490 g/mol. The molecule has 0 spiro atoms. The molecule has 0 amide bonds. The fourth-order valence-corrected chi connectivity index (χ4v) is 3.67. The molecule has 2 saturated heterocycles. The Kier molecular flexibility index (Phi) is 9.84. The molecule has 2 aliphatic heterocycles. The van der Waals surface area contributed by atoms with Crippen LogP contribution in [0, 0.1) is 5.92 Å². The normalized spacial score (nSPS) is 20.5. The maximum absolute atomic E-state index is 4.93. The van der Waals surface area contributed by atoms with Crippen molar-refractivity contribution in [3.63, 3.8) is 0 Å². The number of rotatable bonds is 6. The van der Waals surface area contributed by atoms with Gasteiger partial charge in [0.25, 0.3) is 0 Å². The van der Waals surface area contributed by atoms with Crippen LogP contribution in [0.4, 0.5) is 0 Å². The molecule has 2 fully saturated rings. The molecule has 7 nitrogen and oxygen atoms in total. The molecule has 2 aliphatic rings. The van der Waals surface area contributed by atoms with Crippen LogP contribution in [0.3, 0.4) is 0 Å². The summed E-state index contributed by atoms with van der Waals surface area (Å²) in [7, 11) is 0. The maximum atomic E-state index is 4.93. The van der Waals surface area contributed by atoms with Gasteiger partial charge in [0.2, 0.25) is 0 Å². The Morgan fingerprint density at radius 2 is 1.93 bits per heavy atom. The molecule has 1 N–H and O–H groups in total. The number of nitrogens with zero attached hydrogens (tertiary/aromatic N) is 5. The number of nitrogens with one attached hydrogen (secondary N) is 1. The topological polar surface area (TPSA) is 60.1 Å². The third-order valence-electron chi connectivity index (χ3n) is 5.44. The van der Waals surface area contributed by atoms with Crippen LogP contribution in [0.25, 0.3) is 0 Å². The third-order valence-corrected chi connectivity index (χ3v) is 5.44. The SMILES string of the molecule is CCNC(=NCCN1CCC(C)CC1)N1CCN(Cc2ccon2)CC1.I. The molecule has 0 bridgehead atoms. The van der Waals surface area contributed by atoms with E-state index >= 15 is 0 Å². The molecule has 3 heterocycles. The van der Waals surface area contributed by atoms with Gasteiger partial charge in [0.15, 0.2) is 5.96 Å². The lowest BCUT2D eigenvalue weighted by molar-refractivity contribution is 0.168. The van der Waals surface area contributed by atoms with Crippen LogP contribution in [-0.4, -0.2) is 84.7 Å². The van der Waals surface area contributed by atoms with E-state index in [0.29, 0.717) is 0 Å². The van der Waals surface area contributed by atoms with Gasteiger partial charge in [-0.05, 0) is 38.8 Å². The smallest absolute Gasteiger partial charge is 0.194 e. The first kappa shape index (κ1) is 22.4. The minimum atomic E-state index is 0. The van der Waals surface area contributed by atoms with Crippen LogP contribution in [0.2, 0.25) is 0 Å². The van der Waals surface area contributed by atoms with Crippen molar-refractivity contribution in [1.82, 2.24) is 25.2 Å². The van der Waals surface area contributed by atoms with Gasteiger partial charge in [0.1, 0.15) is 6.26 Å². The van der Waals surface area contributed by atoms with E-state index in [1.807, 2.05) is 6.07 Å². The first-order chi connectivity index (χ1) is 12.7. The van der Waals surface area contributed by atoms with Gasteiger partial charge in [-0.15, -0.1) is 24.0 Å². The summed E-state index contributed by atoms with van der Waals surface area (Å²) >= 11 is 0. The van der Waals surface area contributed by atoms with Crippen molar-refractivity contribution in [2.24, 2.45) is 10.9 Å². The van der Waals surface area contributed by atoms with Gasteiger partial charge in [-0.3, -0.25) is 9.89 Å². The molecule has 1 aromatic rings. The highest BCUT2D eigenvalue weighted by Crippen LogP contribution is 2.15. The van der Waals surface area contributed by atoms with Crippen molar-refractivity contribution >= 4 is 29.9 Å². The fraction of sp³-hybridized carbons (Fsp3) is 0.789. The molecule has 0 unspecified atom stereocenters. The van der Waals surface area contributed by atoms with Gasteiger partial charge in [0, 0.05) is 51.9 Å². The molecule has 0 radical (unpaired) electrons. The van der Waals surface area contributed by atoms with Crippen LogP contribution in [0.1, 0.15) is 32.4 Å². The average molecular weight is 490 g/mol. The van der Waals surface area contributed by atoms with Crippen molar-refractivity contribution < 1.29 is 4.52 Å². The number of guanidine groups is 1. The average Bonchev–Trinajstić information content (AvgIpc) is 3.16. The van der Waals surface area contributed by atoms with Crippen LogP contribution in [-0.2, 0) is 6.54 Å². The molecular weight excluding hydrogens is 455 g/mol. The molecule has 8 heteroatoms. The first-order valence-corrected chi connectivity index (χ1v) is 10.1. The summed E-state index contributed by atoms with van der Waals surface area (Å²) in [6.45, 7) is 14.8. The Morgan fingerprint density at radius 1 is 1.19 bits per heavy atom. The number of piperidine rings is 1. The summed E-state index contributed by atoms with van der Waals surface area (Å²) in [4.78, 5) is 12.3. The summed E-state index contributed by atoms with van der Waals surface area (Å²) in [6.07, 6.45) is 4.30. The minimum absolute atomic E-state index is 0. The van der Waals surface area contributed by atoms with E-state index in [4.69, 9.17) is 9.52 Å². The van der Waals surface area contributed by atoms with Crippen molar-refractivity contribution in [2.45, 2.75) is 33.2 Å². The fourth-order valence-electron chi connectivity index (χ4n) is 3.67. The molecule has 154 valence electrons. The van der Waals surface area contributed by atoms with E-state index in [-0.39, 0.29) is 24.0 Å². The molecular formula is C19H35IN6O. The molecule has 3 rings (SSSR count). The number of hydrogen-bond donors (Lipinski definition) is 1. The minimum Gasteiger partial charge on any atom is -0.364 e. The lowest BCUT2D eigenvalue weighted by Crippen LogP contribution is -2.52. The summed E-state index contributed by atoms with van der Waals surface area (Å²) in [5.41, 5.74) is 1.01. The highest BCUT2D eigenvalue weighted by Gasteiger charge is 2.20. The van der Waals surface area contributed by atoms with Crippen molar-refractivity contribution in [2.75, 3.05) is 58.9 Å². The van der Waals surface area contributed by atoms with Gasteiger partial charge in [-0.2, -0.15) is 0 Å².